The van der Waals surface area contributed by atoms with Crippen LogP contribution in [0.1, 0.15) is 44.5 Å². The van der Waals surface area contributed by atoms with Gasteiger partial charge in [-0.1, -0.05) is 212 Å². The number of hydrogen-bond acceptors (Lipinski definition) is 2. The Morgan fingerprint density at radius 2 is 0.797 bits per heavy atom. The molecular weight excluding hydrogens is 791 g/mol. The van der Waals surface area contributed by atoms with Crippen molar-refractivity contribution in [3.05, 3.63) is 293 Å². The van der Waals surface area contributed by atoms with Gasteiger partial charge in [0.25, 0.3) is 0 Å². The van der Waals surface area contributed by atoms with Gasteiger partial charge >= 0.3 is 0 Å². The van der Waals surface area contributed by atoms with Gasteiger partial charge < -0.3 is 4.90 Å². The van der Waals surface area contributed by atoms with Crippen molar-refractivity contribution in [1.29, 1.82) is 0 Å². The molecule has 10 aromatic carbocycles. The predicted octanol–water partition coefficient (Wildman–Crippen LogP) is 16.3. The van der Waals surface area contributed by atoms with Crippen molar-refractivity contribution in [2.45, 2.75) is 10.8 Å². The molecule has 0 bridgehead atoms. The van der Waals surface area contributed by atoms with Crippen molar-refractivity contribution in [2.24, 2.45) is 0 Å². The summed E-state index contributed by atoms with van der Waals surface area (Å²) in [7, 11) is 0. The van der Waals surface area contributed by atoms with E-state index < -0.39 is 10.8 Å². The van der Waals surface area contributed by atoms with Gasteiger partial charge in [0.1, 0.15) is 0 Å². The third kappa shape index (κ3) is 5.12. The second-order valence-corrected chi connectivity index (χ2v) is 18.2. The van der Waals surface area contributed by atoms with Crippen LogP contribution in [0.3, 0.4) is 0 Å². The monoisotopic (exact) mass is 831 g/mol. The van der Waals surface area contributed by atoms with Crippen LogP contribution in [0.4, 0.5) is 17.1 Å². The molecule has 1 nitrogen and oxygen atoms in total. The largest absolute Gasteiger partial charge is 0.309 e. The maximum absolute atomic E-state index is 2.46. The van der Waals surface area contributed by atoms with E-state index in [4.69, 9.17) is 0 Å². The van der Waals surface area contributed by atoms with Gasteiger partial charge in [-0.15, -0.1) is 11.3 Å². The van der Waals surface area contributed by atoms with Gasteiger partial charge in [0.2, 0.25) is 0 Å². The molecule has 64 heavy (non-hydrogen) atoms. The molecule has 300 valence electrons. The SMILES string of the molecule is c1ccc(-c2ccc(N(c3ccc(C4(c5ccccc5)c5ccccc5C5(c6ccccc6)c6ccccc6-c6cccc4c65)cc3)c3cccc4c3sc3ccccc34)cc2)cc1. The maximum atomic E-state index is 2.46. The topological polar surface area (TPSA) is 3.24 Å². The summed E-state index contributed by atoms with van der Waals surface area (Å²) in [5, 5.41) is 2.58. The lowest BCUT2D eigenvalue weighted by atomic mass is 9.52. The number of nitrogens with zero attached hydrogens (tertiary/aromatic N) is 1. The summed E-state index contributed by atoms with van der Waals surface area (Å²) < 4.78 is 2.57. The molecule has 2 atom stereocenters. The summed E-state index contributed by atoms with van der Waals surface area (Å²) in [5.41, 5.74) is 17.8. The smallest absolute Gasteiger partial charge is 0.0720 e. The summed E-state index contributed by atoms with van der Waals surface area (Å²) in [6.07, 6.45) is 0. The molecule has 2 aliphatic carbocycles. The van der Waals surface area contributed by atoms with Gasteiger partial charge in [0.15, 0.2) is 0 Å². The van der Waals surface area contributed by atoms with Gasteiger partial charge in [-0.2, -0.15) is 0 Å². The summed E-state index contributed by atoms with van der Waals surface area (Å²) in [6, 6.07) is 92.7. The number of fused-ring (bicyclic) bond motifs is 8. The first-order valence-electron chi connectivity index (χ1n) is 22.2. The summed E-state index contributed by atoms with van der Waals surface area (Å²) in [4.78, 5) is 2.46. The fraction of sp³-hybridized carbons (Fsp3) is 0.0323. The third-order valence-electron chi connectivity index (χ3n) is 14.0. The number of benzene rings is 10. The average Bonchev–Trinajstić information content (AvgIpc) is 3.91. The lowest BCUT2D eigenvalue weighted by Crippen LogP contribution is -2.44. The zero-order valence-corrected chi connectivity index (χ0v) is 35.8. The van der Waals surface area contributed by atoms with Crippen LogP contribution in [-0.4, -0.2) is 0 Å². The van der Waals surface area contributed by atoms with Crippen LogP contribution in [0.5, 0.6) is 0 Å². The Bertz CT molecular complexity index is 3540. The summed E-state index contributed by atoms with van der Waals surface area (Å²) in [6.45, 7) is 0. The Labute approximate surface area is 377 Å². The van der Waals surface area contributed by atoms with Crippen molar-refractivity contribution in [3.63, 3.8) is 0 Å². The molecule has 0 radical (unpaired) electrons. The number of anilines is 3. The Balaban J connectivity index is 1.06. The molecule has 0 aliphatic heterocycles. The average molecular weight is 832 g/mol. The molecule has 2 aliphatic rings. The fourth-order valence-corrected chi connectivity index (χ4v) is 12.7. The van der Waals surface area contributed by atoms with Gasteiger partial charge in [0.05, 0.1) is 21.2 Å². The molecule has 0 spiro atoms. The van der Waals surface area contributed by atoms with E-state index in [2.05, 4.69) is 254 Å². The molecule has 2 unspecified atom stereocenters. The zero-order valence-electron chi connectivity index (χ0n) is 35.0. The maximum Gasteiger partial charge on any atom is 0.0720 e. The third-order valence-corrected chi connectivity index (χ3v) is 15.2. The minimum atomic E-state index is -0.615. The van der Waals surface area contributed by atoms with Gasteiger partial charge in [-0.05, 0) is 103 Å². The van der Waals surface area contributed by atoms with E-state index in [1.165, 1.54) is 92.6 Å². The molecule has 1 aromatic heterocycles. The number of thiophene rings is 1. The lowest BCUT2D eigenvalue weighted by molar-refractivity contribution is 0.626. The van der Waals surface area contributed by atoms with Crippen molar-refractivity contribution < 1.29 is 0 Å². The highest BCUT2D eigenvalue weighted by molar-refractivity contribution is 7.26. The molecular formula is C62H41NS. The molecule has 2 heteroatoms. The standard InChI is InChI=1S/C62H41NS/c1-4-18-42(19-5-1)43-34-38-47(39-35-43)63(57-32-17-27-52-50-25-11-15-33-58(50)64-60(52)57)48-40-36-46(37-41-48)61(44-20-6-2-7-21-44)54-29-13-14-30-55(54)62(45-22-8-3-9-23-45)53-28-12-10-24-49(53)51-26-16-31-56(61)59(51)62/h1-41H. The van der Waals surface area contributed by atoms with Crippen molar-refractivity contribution in [3.8, 4) is 22.3 Å². The molecule has 13 rings (SSSR count). The minimum Gasteiger partial charge on any atom is -0.309 e. The van der Waals surface area contributed by atoms with Gasteiger partial charge in [-0.25, -0.2) is 0 Å². The molecule has 0 fully saturated rings. The lowest BCUT2D eigenvalue weighted by Gasteiger charge is -2.49. The highest BCUT2D eigenvalue weighted by Gasteiger charge is 2.57. The van der Waals surface area contributed by atoms with Crippen molar-refractivity contribution in [1.82, 2.24) is 0 Å². The van der Waals surface area contributed by atoms with Gasteiger partial charge in [0, 0.05) is 26.8 Å². The van der Waals surface area contributed by atoms with Crippen LogP contribution in [0, 0.1) is 0 Å². The highest BCUT2D eigenvalue weighted by atomic mass is 32.1. The zero-order chi connectivity index (χ0) is 42.2. The second-order valence-electron chi connectivity index (χ2n) is 17.1. The minimum absolute atomic E-state index is 0.482. The summed E-state index contributed by atoms with van der Waals surface area (Å²) in [5.74, 6) is 0. The van der Waals surface area contributed by atoms with Crippen LogP contribution >= 0.6 is 11.3 Å². The Kier molecular flexibility index (Phi) is 8.28. The van der Waals surface area contributed by atoms with Crippen molar-refractivity contribution >= 4 is 48.6 Å². The van der Waals surface area contributed by atoms with Gasteiger partial charge in [-0.3, -0.25) is 0 Å². The van der Waals surface area contributed by atoms with E-state index in [-0.39, 0.29) is 0 Å². The first-order chi connectivity index (χ1) is 31.8. The highest BCUT2D eigenvalue weighted by Crippen LogP contribution is 2.65. The normalized spacial score (nSPS) is 16.9. The Morgan fingerprint density at radius 3 is 1.52 bits per heavy atom. The van der Waals surface area contributed by atoms with E-state index in [9.17, 15) is 0 Å². The van der Waals surface area contributed by atoms with E-state index in [0.717, 1.165) is 11.4 Å². The molecule has 0 amide bonds. The predicted molar refractivity (Wildman–Crippen MR) is 269 cm³/mol. The molecule has 0 saturated carbocycles. The molecule has 0 saturated heterocycles. The first-order valence-corrected chi connectivity index (χ1v) is 23.0. The van der Waals surface area contributed by atoms with E-state index >= 15 is 0 Å². The van der Waals surface area contributed by atoms with E-state index in [0.29, 0.717) is 0 Å². The van der Waals surface area contributed by atoms with Crippen LogP contribution in [-0.2, 0) is 10.8 Å². The Morgan fingerprint density at radius 1 is 0.312 bits per heavy atom. The first kappa shape index (κ1) is 36.8. The van der Waals surface area contributed by atoms with Crippen LogP contribution in [0.25, 0.3) is 42.4 Å². The molecule has 11 aromatic rings. The van der Waals surface area contributed by atoms with Crippen LogP contribution in [0.2, 0.25) is 0 Å². The Hall–Kier alpha value is -7.78. The molecule has 1 heterocycles. The number of rotatable bonds is 7. The van der Waals surface area contributed by atoms with Crippen LogP contribution in [0.15, 0.2) is 249 Å². The van der Waals surface area contributed by atoms with Crippen LogP contribution < -0.4 is 4.90 Å². The fourth-order valence-electron chi connectivity index (χ4n) is 11.5. The summed E-state index contributed by atoms with van der Waals surface area (Å²) >= 11 is 1.87. The number of hydrogen-bond donors (Lipinski definition) is 0. The van der Waals surface area contributed by atoms with E-state index in [1.807, 2.05) is 11.3 Å². The van der Waals surface area contributed by atoms with Crippen molar-refractivity contribution in [2.75, 3.05) is 4.90 Å². The quantitative estimate of drug-likeness (QED) is 0.155. The van der Waals surface area contributed by atoms with E-state index in [1.54, 1.807) is 0 Å². The second kappa shape index (κ2) is 14.4. The molecule has 0 N–H and O–H groups in total.